The van der Waals surface area contributed by atoms with Crippen LogP contribution in [0.5, 0.6) is 0 Å². The van der Waals surface area contributed by atoms with Gasteiger partial charge in [-0.1, -0.05) is 6.92 Å². The first kappa shape index (κ1) is 13.6. The van der Waals surface area contributed by atoms with Crippen LogP contribution in [0, 0.1) is 5.92 Å². The molecule has 18 heavy (non-hydrogen) atoms. The van der Waals surface area contributed by atoms with Crippen molar-refractivity contribution in [1.29, 1.82) is 0 Å². The normalized spacial score (nSPS) is 17.3. The number of nitrogens with one attached hydrogen (secondary N) is 1. The molecule has 1 fully saturated rings. The molecule has 1 aromatic heterocycles. The summed E-state index contributed by atoms with van der Waals surface area (Å²) in [6.45, 7) is 5.55. The van der Waals surface area contributed by atoms with E-state index in [-0.39, 0.29) is 0 Å². The topological polar surface area (TPSA) is 20.2 Å². The van der Waals surface area contributed by atoms with Gasteiger partial charge in [0, 0.05) is 31.5 Å². The minimum absolute atomic E-state index is 0.588. The van der Waals surface area contributed by atoms with Crippen LogP contribution in [0.4, 0.5) is 0 Å². The SMILES string of the molecule is CCCNC(c1ccn(CCN(C)C)c1)C1CC1. The number of likely N-dealkylation sites (N-methyl/N-ethyl adjacent to an activating group) is 1. The Morgan fingerprint density at radius 3 is 2.83 bits per heavy atom. The molecule has 0 spiro atoms. The number of rotatable bonds is 8. The van der Waals surface area contributed by atoms with Crippen molar-refractivity contribution < 1.29 is 0 Å². The van der Waals surface area contributed by atoms with Gasteiger partial charge in [-0.15, -0.1) is 0 Å². The van der Waals surface area contributed by atoms with Gasteiger partial charge in [0.15, 0.2) is 0 Å². The first-order valence-corrected chi connectivity index (χ1v) is 7.24. The van der Waals surface area contributed by atoms with Gasteiger partial charge in [0.2, 0.25) is 0 Å². The van der Waals surface area contributed by atoms with Gasteiger partial charge in [-0.25, -0.2) is 0 Å². The van der Waals surface area contributed by atoms with Crippen molar-refractivity contribution in [3.63, 3.8) is 0 Å². The van der Waals surface area contributed by atoms with E-state index >= 15 is 0 Å². The summed E-state index contributed by atoms with van der Waals surface area (Å²) >= 11 is 0. The third-order valence-electron chi connectivity index (χ3n) is 3.65. The van der Waals surface area contributed by atoms with Crippen LogP contribution in [-0.4, -0.2) is 36.7 Å². The first-order chi connectivity index (χ1) is 8.70. The largest absolute Gasteiger partial charge is 0.353 e. The standard InChI is InChI=1S/C15H27N3/c1-4-8-16-15(13-5-6-13)14-7-9-18(12-14)11-10-17(2)3/h7,9,12-13,15-16H,4-6,8,10-11H2,1-3H3. The maximum atomic E-state index is 3.70. The van der Waals surface area contributed by atoms with Crippen LogP contribution in [0.15, 0.2) is 18.5 Å². The summed E-state index contributed by atoms with van der Waals surface area (Å²) in [5.41, 5.74) is 1.48. The van der Waals surface area contributed by atoms with Crippen molar-refractivity contribution in [2.45, 2.75) is 38.8 Å². The number of hydrogen-bond donors (Lipinski definition) is 1. The van der Waals surface area contributed by atoms with Gasteiger partial charge in [0.1, 0.15) is 0 Å². The lowest BCUT2D eigenvalue weighted by atomic mass is 10.1. The fourth-order valence-corrected chi connectivity index (χ4v) is 2.38. The summed E-state index contributed by atoms with van der Waals surface area (Å²) in [4.78, 5) is 2.23. The maximum absolute atomic E-state index is 3.70. The molecule has 0 saturated heterocycles. The van der Waals surface area contributed by atoms with Gasteiger partial charge in [0.05, 0.1) is 0 Å². The summed E-state index contributed by atoms with van der Waals surface area (Å²) in [5, 5.41) is 3.70. The van der Waals surface area contributed by atoms with E-state index in [0.717, 1.165) is 25.6 Å². The van der Waals surface area contributed by atoms with Crippen molar-refractivity contribution in [3.8, 4) is 0 Å². The Labute approximate surface area is 111 Å². The molecule has 0 bridgehead atoms. The lowest BCUT2D eigenvalue weighted by molar-refractivity contribution is 0.383. The zero-order valence-electron chi connectivity index (χ0n) is 12.0. The van der Waals surface area contributed by atoms with Crippen LogP contribution in [-0.2, 0) is 6.54 Å². The number of aromatic nitrogens is 1. The fourth-order valence-electron chi connectivity index (χ4n) is 2.38. The molecule has 1 aliphatic carbocycles. The molecular formula is C15H27N3. The van der Waals surface area contributed by atoms with E-state index < -0.39 is 0 Å². The molecule has 0 aromatic carbocycles. The molecule has 2 rings (SSSR count). The fraction of sp³-hybridized carbons (Fsp3) is 0.733. The second-order valence-corrected chi connectivity index (χ2v) is 5.76. The minimum Gasteiger partial charge on any atom is -0.353 e. The van der Waals surface area contributed by atoms with E-state index in [1.54, 1.807) is 0 Å². The molecule has 1 aromatic rings. The van der Waals surface area contributed by atoms with E-state index in [1.807, 2.05) is 0 Å². The molecule has 3 nitrogen and oxygen atoms in total. The van der Waals surface area contributed by atoms with Gasteiger partial charge in [-0.3, -0.25) is 0 Å². The Morgan fingerprint density at radius 1 is 1.44 bits per heavy atom. The molecule has 1 N–H and O–H groups in total. The quantitative estimate of drug-likeness (QED) is 0.764. The Bertz CT molecular complexity index is 352. The summed E-state index contributed by atoms with van der Waals surface area (Å²) in [7, 11) is 4.25. The molecule has 1 heterocycles. The predicted molar refractivity (Wildman–Crippen MR) is 76.7 cm³/mol. The molecule has 1 unspecified atom stereocenters. The average molecular weight is 249 g/mol. The van der Waals surface area contributed by atoms with Crippen LogP contribution in [0.1, 0.15) is 37.8 Å². The minimum atomic E-state index is 0.588. The monoisotopic (exact) mass is 249 g/mol. The van der Waals surface area contributed by atoms with Crippen molar-refractivity contribution in [3.05, 3.63) is 24.0 Å². The highest BCUT2D eigenvalue weighted by Gasteiger charge is 2.32. The molecule has 0 aliphatic heterocycles. The lowest BCUT2D eigenvalue weighted by Crippen LogP contribution is -2.23. The van der Waals surface area contributed by atoms with Gasteiger partial charge < -0.3 is 14.8 Å². The Balaban J connectivity index is 1.93. The van der Waals surface area contributed by atoms with Crippen molar-refractivity contribution in [1.82, 2.24) is 14.8 Å². The molecule has 1 atom stereocenters. The van der Waals surface area contributed by atoms with Gasteiger partial charge >= 0.3 is 0 Å². The van der Waals surface area contributed by atoms with E-state index in [0.29, 0.717) is 6.04 Å². The van der Waals surface area contributed by atoms with E-state index in [2.05, 4.69) is 54.3 Å². The second-order valence-electron chi connectivity index (χ2n) is 5.76. The predicted octanol–water partition coefficient (Wildman–Crippen LogP) is 2.50. The molecular weight excluding hydrogens is 222 g/mol. The van der Waals surface area contributed by atoms with E-state index in [4.69, 9.17) is 0 Å². The van der Waals surface area contributed by atoms with Crippen LogP contribution in [0.25, 0.3) is 0 Å². The molecule has 1 aliphatic rings. The van der Waals surface area contributed by atoms with Crippen LogP contribution < -0.4 is 5.32 Å². The Hall–Kier alpha value is -0.800. The zero-order chi connectivity index (χ0) is 13.0. The average Bonchev–Trinajstić information content (AvgIpc) is 3.06. The molecule has 102 valence electrons. The molecule has 0 amide bonds. The van der Waals surface area contributed by atoms with Gasteiger partial charge in [0.25, 0.3) is 0 Å². The van der Waals surface area contributed by atoms with Gasteiger partial charge in [-0.2, -0.15) is 0 Å². The molecule has 0 radical (unpaired) electrons. The Morgan fingerprint density at radius 2 is 2.22 bits per heavy atom. The third-order valence-corrected chi connectivity index (χ3v) is 3.65. The van der Waals surface area contributed by atoms with Crippen LogP contribution >= 0.6 is 0 Å². The molecule has 3 heteroatoms. The lowest BCUT2D eigenvalue weighted by Gasteiger charge is -2.16. The van der Waals surface area contributed by atoms with Crippen LogP contribution in [0.2, 0.25) is 0 Å². The van der Waals surface area contributed by atoms with E-state index in [9.17, 15) is 0 Å². The summed E-state index contributed by atoms with van der Waals surface area (Å²) in [5.74, 6) is 0.876. The summed E-state index contributed by atoms with van der Waals surface area (Å²) in [6.07, 6.45) is 8.55. The van der Waals surface area contributed by atoms with Crippen LogP contribution in [0.3, 0.4) is 0 Å². The first-order valence-electron chi connectivity index (χ1n) is 7.24. The maximum Gasteiger partial charge on any atom is 0.0363 e. The molecule has 1 saturated carbocycles. The number of nitrogens with zero attached hydrogens (tertiary/aromatic N) is 2. The van der Waals surface area contributed by atoms with E-state index in [1.165, 1.54) is 24.8 Å². The highest BCUT2D eigenvalue weighted by molar-refractivity contribution is 5.18. The third kappa shape index (κ3) is 3.85. The Kier molecular flexibility index (Phi) is 4.84. The zero-order valence-corrected chi connectivity index (χ0v) is 12.0. The smallest absolute Gasteiger partial charge is 0.0363 e. The number of hydrogen-bond acceptors (Lipinski definition) is 2. The summed E-state index contributed by atoms with van der Waals surface area (Å²) in [6, 6.07) is 2.88. The van der Waals surface area contributed by atoms with Gasteiger partial charge in [-0.05, 0) is 57.5 Å². The van der Waals surface area contributed by atoms with Crippen molar-refractivity contribution >= 4 is 0 Å². The highest BCUT2D eigenvalue weighted by Crippen LogP contribution is 2.41. The summed E-state index contributed by atoms with van der Waals surface area (Å²) < 4.78 is 2.32. The second kappa shape index (κ2) is 6.39. The van der Waals surface area contributed by atoms with Crippen molar-refractivity contribution in [2.24, 2.45) is 5.92 Å². The highest BCUT2D eigenvalue weighted by atomic mass is 15.1. The van der Waals surface area contributed by atoms with Crippen molar-refractivity contribution in [2.75, 3.05) is 27.2 Å².